The average molecular weight is 301 g/mol. The molecule has 1 saturated carbocycles. The molecule has 1 aromatic heterocycles. The highest BCUT2D eigenvalue weighted by Gasteiger charge is 2.28. The maximum absolute atomic E-state index is 12.4. The largest absolute Gasteiger partial charge is 0.381 e. The van der Waals surface area contributed by atoms with Gasteiger partial charge in [-0.2, -0.15) is 5.10 Å². The molecule has 1 aliphatic carbocycles. The molecule has 3 aliphatic rings. The smallest absolute Gasteiger partial charge is 0.173 e. The van der Waals surface area contributed by atoms with E-state index in [0.717, 1.165) is 49.9 Å². The van der Waals surface area contributed by atoms with Crippen molar-refractivity contribution in [2.24, 2.45) is 10.9 Å². The Kier molecular flexibility index (Phi) is 3.82. The van der Waals surface area contributed by atoms with E-state index in [1.807, 2.05) is 4.68 Å². The topological polar surface area (TPSA) is 56.5 Å². The Bertz CT molecular complexity index is 595. The van der Waals surface area contributed by atoms with Gasteiger partial charge >= 0.3 is 0 Å². The number of Topliss-reactive ketones (excluding diaryl/α,β-unsaturated/α-hetero) is 1. The molecule has 0 atom stereocenters. The number of carbonyl (C=O) groups is 1. The van der Waals surface area contributed by atoms with Crippen LogP contribution in [-0.4, -0.2) is 34.5 Å². The van der Waals surface area contributed by atoms with Gasteiger partial charge in [0.1, 0.15) is 0 Å². The third kappa shape index (κ3) is 2.62. The van der Waals surface area contributed by atoms with Gasteiger partial charge in [-0.1, -0.05) is 19.3 Å². The molecule has 2 aliphatic heterocycles. The number of rotatable bonds is 4. The minimum Gasteiger partial charge on any atom is -0.381 e. The molecule has 5 nitrogen and oxygen atoms in total. The summed E-state index contributed by atoms with van der Waals surface area (Å²) in [5.41, 5.74) is 1.76. The van der Waals surface area contributed by atoms with Gasteiger partial charge in [0.05, 0.1) is 17.8 Å². The third-order valence-corrected chi connectivity index (χ3v) is 5.30. The molecule has 5 heteroatoms. The maximum atomic E-state index is 12.4. The Morgan fingerprint density at radius 1 is 1.23 bits per heavy atom. The fraction of sp³-hybridized carbons (Fsp3) is 0.706. The van der Waals surface area contributed by atoms with Crippen molar-refractivity contribution in [3.8, 4) is 0 Å². The number of hydrogen-bond acceptors (Lipinski definition) is 4. The van der Waals surface area contributed by atoms with Crippen LogP contribution >= 0.6 is 0 Å². The van der Waals surface area contributed by atoms with Crippen molar-refractivity contribution in [2.45, 2.75) is 57.4 Å². The van der Waals surface area contributed by atoms with Crippen LogP contribution in [0.25, 0.3) is 0 Å². The first-order valence-corrected chi connectivity index (χ1v) is 8.56. The van der Waals surface area contributed by atoms with Gasteiger partial charge < -0.3 is 4.74 Å². The van der Waals surface area contributed by atoms with Crippen LogP contribution in [0, 0.1) is 5.92 Å². The number of hydrogen-bond donors (Lipinski definition) is 0. The highest BCUT2D eigenvalue weighted by atomic mass is 16.5. The highest BCUT2D eigenvalue weighted by Crippen LogP contribution is 2.34. The zero-order chi connectivity index (χ0) is 14.9. The minimum atomic E-state index is 0.187. The second kappa shape index (κ2) is 5.95. The number of ketones is 1. The fourth-order valence-corrected chi connectivity index (χ4v) is 3.63. The Labute approximate surface area is 130 Å². The molecule has 0 N–H and O–H groups in total. The minimum absolute atomic E-state index is 0.187. The van der Waals surface area contributed by atoms with E-state index in [1.165, 1.54) is 25.7 Å². The summed E-state index contributed by atoms with van der Waals surface area (Å²) in [7, 11) is 0. The van der Waals surface area contributed by atoms with Crippen LogP contribution in [0.5, 0.6) is 0 Å². The lowest BCUT2D eigenvalue weighted by atomic mass is 9.81. The van der Waals surface area contributed by atoms with Gasteiger partial charge in [-0.15, -0.1) is 0 Å². The summed E-state index contributed by atoms with van der Waals surface area (Å²) >= 11 is 0. The molecular weight excluding hydrogens is 278 g/mol. The quantitative estimate of drug-likeness (QED) is 0.855. The van der Waals surface area contributed by atoms with Crippen LogP contribution < -0.4 is 0 Å². The molecule has 0 bridgehead atoms. The second-order valence-electron chi connectivity index (χ2n) is 6.78. The predicted molar refractivity (Wildman–Crippen MR) is 83.9 cm³/mol. The Hall–Kier alpha value is -1.49. The normalized spacial score (nSPS) is 23.1. The van der Waals surface area contributed by atoms with E-state index >= 15 is 0 Å². The van der Waals surface area contributed by atoms with Crippen molar-refractivity contribution in [3.63, 3.8) is 0 Å². The van der Waals surface area contributed by atoms with Gasteiger partial charge in [0.15, 0.2) is 11.6 Å². The summed E-state index contributed by atoms with van der Waals surface area (Å²) < 4.78 is 7.39. The van der Waals surface area contributed by atoms with Gasteiger partial charge in [0.25, 0.3) is 0 Å². The first-order valence-electron chi connectivity index (χ1n) is 8.56. The van der Waals surface area contributed by atoms with E-state index in [9.17, 15) is 4.79 Å². The molecule has 0 amide bonds. The molecule has 4 rings (SSSR count). The van der Waals surface area contributed by atoms with Gasteiger partial charge in [0, 0.05) is 25.3 Å². The maximum Gasteiger partial charge on any atom is 0.173 e. The molecule has 2 fully saturated rings. The zero-order valence-corrected chi connectivity index (χ0v) is 13.0. The molecule has 118 valence electrons. The summed E-state index contributed by atoms with van der Waals surface area (Å²) in [6.45, 7) is 1.54. The molecule has 0 radical (unpaired) electrons. The molecule has 3 heterocycles. The standard InChI is InChI=1S/C17H23N3O2/c21-16-10-13(5-4-12-2-1-3-12)19-17-15(16)11-18-20(17)14-6-8-22-9-7-14/h11-12,14H,1-10H2. The van der Waals surface area contributed by atoms with Crippen molar-refractivity contribution in [2.75, 3.05) is 13.2 Å². The fourth-order valence-electron chi connectivity index (χ4n) is 3.63. The zero-order valence-electron chi connectivity index (χ0n) is 13.0. The molecule has 1 aromatic rings. The molecule has 1 saturated heterocycles. The van der Waals surface area contributed by atoms with Crippen LogP contribution in [-0.2, 0) is 4.74 Å². The summed E-state index contributed by atoms with van der Waals surface area (Å²) in [5, 5.41) is 4.46. The van der Waals surface area contributed by atoms with E-state index in [2.05, 4.69) is 5.10 Å². The lowest BCUT2D eigenvalue weighted by Crippen LogP contribution is -2.22. The summed E-state index contributed by atoms with van der Waals surface area (Å²) in [6, 6.07) is 0.319. The van der Waals surface area contributed by atoms with E-state index in [0.29, 0.717) is 18.0 Å². The van der Waals surface area contributed by atoms with Gasteiger partial charge in [-0.05, 0) is 31.6 Å². The summed E-state index contributed by atoms with van der Waals surface area (Å²) in [5.74, 6) is 1.85. The van der Waals surface area contributed by atoms with Crippen LogP contribution in [0.3, 0.4) is 0 Å². The monoisotopic (exact) mass is 301 g/mol. The Morgan fingerprint density at radius 3 is 2.77 bits per heavy atom. The lowest BCUT2D eigenvalue weighted by molar-refractivity contribution is 0.0667. The van der Waals surface area contributed by atoms with E-state index < -0.39 is 0 Å². The molecule has 22 heavy (non-hydrogen) atoms. The van der Waals surface area contributed by atoms with Crippen molar-refractivity contribution in [3.05, 3.63) is 11.8 Å². The number of ether oxygens (including phenoxy) is 1. The van der Waals surface area contributed by atoms with Crippen LogP contribution in [0.15, 0.2) is 11.2 Å². The highest BCUT2D eigenvalue weighted by molar-refractivity contribution is 6.15. The average Bonchev–Trinajstić information content (AvgIpc) is 2.91. The number of fused-ring (bicyclic) bond motifs is 1. The van der Waals surface area contributed by atoms with Crippen molar-refractivity contribution >= 4 is 17.3 Å². The van der Waals surface area contributed by atoms with E-state index in [1.54, 1.807) is 6.20 Å². The number of aliphatic imine (C=N–C) groups is 1. The van der Waals surface area contributed by atoms with Gasteiger partial charge in [-0.25, -0.2) is 9.67 Å². The van der Waals surface area contributed by atoms with Crippen molar-refractivity contribution in [1.82, 2.24) is 9.78 Å². The number of carbonyl (C=O) groups excluding carboxylic acids is 1. The van der Waals surface area contributed by atoms with E-state index in [-0.39, 0.29) is 5.78 Å². The molecule has 0 aromatic carbocycles. The van der Waals surface area contributed by atoms with Crippen molar-refractivity contribution < 1.29 is 9.53 Å². The second-order valence-corrected chi connectivity index (χ2v) is 6.78. The van der Waals surface area contributed by atoms with Gasteiger partial charge in [-0.3, -0.25) is 4.79 Å². The third-order valence-electron chi connectivity index (χ3n) is 5.30. The number of nitrogens with zero attached hydrogens (tertiary/aromatic N) is 3. The Balaban J connectivity index is 1.55. The van der Waals surface area contributed by atoms with Crippen molar-refractivity contribution in [1.29, 1.82) is 0 Å². The van der Waals surface area contributed by atoms with Gasteiger partial charge in [0.2, 0.25) is 0 Å². The van der Waals surface area contributed by atoms with Crippen LogP contribution in [0.4, 0.5) is 5.82 Å². The molecule has 0 unspecified atom stereocenters. The summed E-state index contributed by atoms with van der Waals surface area (Å²) in [4.78, 5) is 17.2. The van der Waals surface area contributed by atoms with Crippen LogP contribution in [0.2, 0.25) is 0 Å². The predicted octanol–water partition coefficient (Wildman–Crippen LogP) is 3.47. The SMILES string of the molecule is O=C1CC(CCC2CCC2)=Nc2c1cnn2C1CCOCC1. The lowest BCUT2D eigenvalue weighted by Gasteiger charge is -2.26. The Morgan fingerprint density at radius 2 is 2.05 bits per heavy atom. The molecule has 0 spiro atoms. The molecular formula is C17H23N3O2. The van der Waals surface area contributed by atoms with E-state index in [4.69, 9.17) is 9.73 Å². The first kappa shape index (κ1) is 14.1. The van der Waals surface area contributed by atoms with Crippen LogP contribution in [0.1, 0.15) is 67.8 Å². The number of aromatic nitrogens is 2. The summed E-state index contributed by atoms with van der Waals surface area (Å²) in [6.07, 6.45) is 10.3. The first-order chi connectivity index (χ1) is 10.8.